The smallest absolute Gasteiger partial charge is 0.341 e. The molecule has 5 aromatic rings. The maximum Gasteiger partial charge on any atom is 0.341 e. The number of anilines is 2. The molecule has 1 heterocycles. The summed E-state index contributed by atoms with van der Waals surface area (Å²) in [6.45, 7) is 0. The fourth-order valence-electron chi connectivity index (χ4n) is 5.88. The Balaban J connectivity index is 1.13. The lowest BCUT2D eigenvalue weighted by atomic mass is 9.83. The average molecular weight is 651 g/mol. The maximum atomic E-state index is 13.3. The number of thiophene rings is 1. The van der Waals surface area contributed by atoms with Crippen molar-refractivity contribution in [1.29, 1.82) is 0 Å². The van der Waals surface area contributed by atoms with Crippen LogP contribution in [0.5, 0.6) is 0 Å². The molecule has 0 saturated carbocycles. The third-order valence-corrected chi connectivity index (χ3v) is 10.2. The van der Waals surface area contributed by atoms with Crippen molar-refractivity contribution in [3.63, 3.8) is 0 Å². The standard InChI is InChI=1S/C36H30N2O6S2/c1-44-36(43)32-26-17-16-23(21-8-3-2-4-9-21)18-29(26)46-34(32)38-30(39)20-45-25-13-7-12-24(19-25)37-33(40)27-14-5-10-22-11-6-15-28(31(22)27)35(41)42/h2-15,19,23H,16-18,20H2,1H3,(H,37,40)(H,38,39)(H,41,42). The number of carbonyl (C=O) groups is 4. The van der Waals surface area contributed by atoms with E-state index in [4.69, 9.17) is 4.74 Å². The Morgan fingerprint density at radius 2 is 1.65 bits per heavy atom. The second kappa shape index (κ2) is 13.6. The van der Waals surface area contributed by atoms with Crippen LogP contribution in [0.4, 0.5) is 10.7 Å². The second-order valence-electron chi connectivity index (χ2n) is 10.9. The summed E-state index contributed by atoms with van der Waals surface area (Å²) in [4.78, 5) is 52.8. The van der Waals surface area contributed by atoms with Crippen LogP contribution in [0.3, 0.4) is 0 Å². The van der Waals surface area contributed by atoms with Gasteiger partial charge in [-0.15, -0.1) is 23.1 Å². The largest absolute Gasteiger partial charge is 0.478 e. The van der Waals surface area contributed by atoms with E-state index in [9.17, 15) is 24.3 Å². The fourth-order valence-corrected chi connectivity index (χ4v) is 7.97. The number of aromatic carboxylic acids is 1. The number of carbonyl (C=O) groups excluding carboxylic acids is 3. The van der Waals surface area contributed by atoms with Crippen molar-refractivity contribution in [2.45, 2.75) is 30.1 Å². The van der Waals surface area contributed by atoms with Crippen LogP contribution in [-0.2, 0) is 22.4 Å². The maximum absolute atomic E-state index is 13.3. The molecule has 1 aliphatic rings. The van der Waals surface area contributed by atoms with Gasteiger partial charge in [0.15, 0.2) is 0 Å². The normalized spacial score (nSPS) is 13.9. The van der Waals surface area contributed by atoms with Gasteiger partial charge >= 0.3 is 11.9 Å². The third-order valence-electron chi connectivity index (χ3n) is 8.02. The van der Waals surface area contributed by atoms with Gasteiger partial charge < -0.3 is 20.5 Å². The lowest BCUT2D eigenvalue weighted by Gasteiger charge is -2.22. The van der Waals surface area contributed by atoms with E-state index in [0.29, 0.717) is 32.9 Å². The van der Waals surface area contributed by atoms with Crippen molar-refractivity contribution in [3.05, 3.63) is 124 Å². The van der Waals surface area contributed by atoms with E-state index in [0.717, 1.165) is 34.6 Å². The highest BCUT2D eigenvalue weighted by Gasteiger charge is 2.30. The number of benzene rings is 4. The first-order valence-corrected chi connectivity index (χ1v) is 16.5. The molecule has 4 aromatic carbocycles. The van der Waals surface area contributed by atoms with Crippen molar-refractivity contribution in [1.82, 2.24) is 0 Å². The van der Waals surface area contributed by atoms with E-state index in [-0.39, 0.29) is 22.8 Å². The lowest BCUT2D eigenvalue weighted by Crippen LogP contribution is -2.17. The average Bonchev–Trinajstić information content (AvgIpc) is 3.43. The molecular weight excluding hydrogens is 621 g/mol. The van der Waals surface area contributed by atoms with E-state index in [2.05, 4.69) is 22.8 Å². The first-order valence-electron chi connectivity index (χ1n) is 14.7. The molecule has 2 amide bonds. The van der Waals surface area contributed by atoms with Crippen molar-refractivity contribution in [2.75, 3.05) is 23.5 Å². The van der Waals surface area contributed by atoms with Crippen LogP contribution in [0.15, 0.2) is 95.9 Å². The minimum absolute atomic E-state index is 0.0523. The number of carboxylic acid groups (broad SMARTS) is 1. The predicted octanol–water partition coefficient (Wildman–Crippen LogP) is 7.64. The Kier molecular flexibility index (Phi) is 9.18. The molecule has 8 nitrogen and oxygen atoms in total. The Labute approximate surface area is 273 Å². The van der Waals surface area contributed by atoms with E-state index < -0.39 is 17.8 Å². The topological polar surface area (TPSA) is 122 Å². The van der Waals surface area contributed by atoms with Crippen molar-refractivity contribution in [3.8, 4) is 0 Å². The molecule has 0 fully saturated rings. The summed E-state index contributed by atoms with van der Waals surface area (Å²) in [7, 11) is 1.35. The zero-order chi connectivity index (χ0) is 32.2. The Bertz CT molecular complexity index is 1970. The summed E-state index contributed by atoms with van der Waals surface area (Å²) in [6, 6.07) is 27.4. The number of methoxy groups -OCH3 is 1. The van der Waals surface area contributed by atoms with E-state index in [1.165, 1.54) is 41.8 Å². The molecule has 46 heavy (non-hydrogen) atoms. The molecule has 0 radical (unpaired) electrons. The molecule has 3 N–H and O–H groups in total. The Morgan fingerprint density at radius 3 is 2.39 bits per heavy atom. The third kappa shape index (κ3) is 6.54. The number of thioether (sulfide) groups is 1. The predicted molar refractivity (Wildman–Crippen MR) is 182 cm³/mol. The van der Waals surface area contributed by atoms with Gasteiger partial charge in [0.25, 0.3) is 5.91 Å². The van der Waals surface area contributed by atoms with Gasteiger partial charge in [0, 0.05) is 26.4 Å². The summed E-state index contributed by atoms with van der Waals surface area (Å²) in [5.41, 5.74) is 3.48. The molecular formula is C36H30N2O6S2. The lowest BCUT2D eigenvalue weighted by molar-refractivity contribution is -0.113. The van der Waals surface area contributed by atoms with Gasteiger partial charge in [-0.1, -0.05) is 60.7 Å². The summed E-state index contributed by atoms with van der Waals surface area (Å²) in [5, 5.41) is 17.0. The summed E-state index contributed by atoms with van der Waals surface area (Å²) in [5.74, 6) is -1.84. The number of ether oxygens (including phenoxy) is 1. The van der Waals surface area contributed by atoms with Crippen LogP contribution < -0.4 is 10.6 Å². The van der Waals surface area contributed by atoms with Crippen LogP contribution in [0.2, 0.25) is 0 Å². The van der Waals surface area contributed by atoms with E-state index in [1.807, 2.05) is 24.3 Å². The number of amides is 2. The van der Waals surface area contributed by atoms with Gasteiger partial charge in [-0.2, -0.15) is 0 Å². The molecule has 232 valence electrons. The van der Waals surface area contributed by atoms with Gasteiger partial charge in [0.2, 0.25) is 5.91 Å². The van der Waals surface area contributed by atoms with E-state index >= 15 is 0 Å². The van der Waals surface area contributed by atoms with Crippen LogP contribution in [0, 0.1) is 0 Å². The summed E-state index contributed by atoms with van der Waals surface area (Å²) < 4.78 is 5.09. The minimum atomic E-state index is -1.11. The van der Waals surface area contributed by atoms with Gasteiger partial charge in [-0.05, 0) is 72.0 Å². The highest BCUT2D eigenvalue weighted by atomic mass is 32.2. The fraction of sp³-hybridized carbons (Fsp3) is 0.167. The van der Waals surface area contributed by atoms with Gasteiger partial charge in [-0.25, -0.2) is 9.59 Å². The first-order chi connectivity index (χ1) is 22.3. The van der Waals surface area contributed by atoms with Crippen LogP contribution in [0.25, 0.3) is 10.8 Å². The first kappa shape index (κ1) is 31.1. The van der Waals surface area contributed by atoms with Crippen LogP contribution in [0.1, 0.15) is 59.4 Å². The number of esters is 1. The summed E-state index contributed by atoms with van der Waals surface area (Å²) >= 11 is 2.73. The quantitative estimate of drug-likeness (QED) is 0.111. The number of fused-ring (bicyclic) bond motifs is 2. The second-order valence-corrected chi connectivity index (χ2v) is 13.0. The number of rotatable bonds is 9. The molecule has 0 spiro atoms. The highest BCUT2D eigenvalue weighted by molar-refractivity contribution is 8.00. The zero-order valence-corrected chi connectivity index (χ0v) is 26.5. The molecule has 1 unspecified atom stereocenters. The molecule has 1 aromatic heterocycles. The van der Waals surface area contributed by atoms with Crippen LogP contribution in [-0.4, -0.2) is 41.7 Å². The Morgan fingerprint density at radius 1 is 0.913 bits per heavy atom. The number of carboxylic acids is 1. The Hall–Kier alpha value is -4.93. The van der Waals surface area contributed by atoms with Gasteiger partial charge in [0.1, 0.15) is 5.00 Å². The van der Waals surface area contributed by atoms with Crippen molar-refractivity contribution < 1.29 is 29.0 Å². The number of hydrogen-bond donors (Lipinski definition) is 3. The summed E-state index contributed by atoms with van der Waals surface area (Å²) in [6.07, 6.45) is 2.44. The molecule has 1 aliphatic carbocycles. The SMILES string of the molecule is COC(=O)c1c(NC(=O)CSc2cccc(NC(=O)c3cccc4cccc(C(=O)O)c34)c2)sc2c1CCC(c1ccccc1)C2. The van der Waals surface area contributed by atoms with Crippen molar-refractivity contribution >= 4 is 68.3 Å². The number of hydrogen-bond acceptors (Lipinski definition) is 7. The van der Waals surface area contributed by atoms with Crippen molar-refractivity contribution in [2.24, 2.45) is 0 Å². The van der Waals surface area contributed by atoms with Gasteiger partial charge in [-0.3, -0.25) is 9.59 Å². The minimum Gasteiger partial charge on any atom is -0.478 e. The molecule has 0 saturated heterocycles. The number of nitrogens with one attached hydrogen (secondary N) is 2. The monoisotopic (exact) mass is 650 g/mol. The molecule has 0 bridgehead atoms. The van der Waals surface area contributed by atoms with Gasteiger partial charge in [0.05, 0.1) is 24.0 Å². The molecule has 1 atom stereocenters. The highest BCUT2D eigenvalue weighted by Crippen LogP contribution is 2.43. The van der Waals surface area contributed by atoms with Crippen LogP contribution >= 0.6 is 23.1 Å². The van der Waals surface area contributed by atoms with E-state index in [1.54, 1.807) is 48.5 Å². The molecule has 6 rings (SSSR count). The molecule has 10 heteroatoms. The zero-order valence-electron chi connectivity index (χ0n) is 24.9. The molecule has 0 aliphatic heterocycles.